The van der Waals surface area contributed by atoms with Gasteiger partial charge >= 0.3 is 6.98 Å². The van der Waals surface area contributed by atoms with Crippen molar-refractivity contribution in [3.63, 3.8) is 0 Å². The average Bonchev–Trinajstić information content (AvgIpc) is 1.83. The molecule has 0 fully saturated rings. The zero-order chi connectivity index (χ0) is 8.91. The van der Waals surface area contributed by atoms with Gasteiger partial charge in [-0.15, -0.1) is 0 Å². The third kappa shape index (κ3) is 7.67. The molecule has 0 spiro atoms. The van der Waals surface area contributed by atoms with E-state index < -0.39 is 19.6 Å². The molecule has 11 heavy (non-hydrogen) atoms. The Balaban J connectivity index is 3.38. The Kier molecular flexibility index (Phi) is 4.52. The molecule has 1 atom stereocenters. The molecule has 0 aliphatic rings. The Bertz CT molecular complexity index is 106. The number of hydrogen-bond donors (Lipinski definition) is 0. The van der Waals surface area contributed by atoms with Crippen LogP contribution in [0, 0.1) is 0 Å². The molecule has 0 saturated carbocycles. The average molecular weight is 171 g/mol. The second-order valence-electron chi connectivity index (χ2n) is 2.31. The molecule has 68 valence electrons. The van der Waals surface area contributed by atoms with Gasteiger partial charge in [0.1, 0.15) is 0 Å². The van der Waals surface area contributed by atoms with E-state index in [4.69, 9.17) is 0 Å². The lowest BCUT2D eigenvalue weighted by molar-refractivity contribution is 0.0202. The van der Waals surface area contributed by atoms with Gasteiger partial charge in [-0.1, -0.05) is 0 Å². The summed E-state index contributed by atoms with van der Waals surface area (Å²) in [5, 5.41) is 0. The van der Waals surface area contributed by atoms with E-state index in [2.05, 4.69) is 9.47 Å². The summed E-state index contributed by atoms with van der Waals surface area (Å²) in [6, 6.07) is 0. The molecule has 0 bridgehead atoms. The van der Waals surface area contributed by atoms with Crippen molar-refractivity contribution in [2.24, 2.45) is 0 Å². The Morgan fingerprint density at radius 3 is 2.27 bits per heavy atom. The summed E-state index contributed by atoms with van der Waals surface area (Å²) in [6.45, 7) is -4.25. The van der Waals surface area contributed by atoms with Gasteiger partial charge in [-0.3, -0.25) is 0 Å². The van der Waals surface area contributed by atoms with Crippen LogP contribution >= 0.6 is 0 Å². The Morgan fingerprint density at radius 2 is 1.91 bits per heavy atom. The molecule has 6 heteroatoms. The van der Waals surface area contributed by atoms with Crippen LogP contribution in [-0.2, 0) is 9.47 Å². The van der Waals surface area contributed by atoms with Crippen molar-refractivity contribution in [1.82, 2.24) is 0 Å². The fraction of sp³-hybridized carbons (Fsp3) is 1.00. The molecular weight excluding hydrogens is 160 g/mol. The van der Waals surface area contributed by atoms with E-state index in [1.54, 1.807) is 0 Å². The molecule has 0 saturated heterocycles. The fourth-order valence-electron chi connectivity index (χ4n) is 0.556. The van der Waals surface area contributed by atoms with Crippen molar-refractivity contribution in [2.45, 2.75) is 13.0 Å². The van der Waals surface area contributed by atoms with Gasteiger partial charge in [-0.25, -0.2) is 0 Å². The molecule has 2 nitrogen and oxygen atoms in total. The number of methoxy groups -OCH3 is 1. The Hall–Kier alpha value is -0.225. The van der Waals surface area contributed by atoms with Crippen molar-refractivity contribution < 1.29 is 22.4 Å². The molecule has 0 N–H and O–H groups in total. The number of rotatable bonds is 5. The number of halogens is 3. The standard InChI is InChI=1S/C5H11BF3O2/c1-5(3-10-2)11-4-6(7,8)9/h5H,3-4H2,1-2H3/q-1. The lowest BCUT2D eigenvalue weighted by Crippen LogP contribution is -2.28. The first-order chi connectivity index (χ1) is 4.95. The summed E-state index contributed by atoms with van der Waals surface area (Å²) in [7, 11) is 1.42. The lowest BCUT2D eigenvalue weighted by Gasteiger charge is -2.18. The van der Waals surface area contributed by atoms with Crippen LogP contribution < -0.4 is 0 Å². The molecule has 0 aromatic carbocycles. The van der Waals surface area contributed by atoms with Crippen LogP contribution in [0.25, 0.3) is 0 Å². The van der Waals surface area contributed by atoms with Crippen molar-refractivity contribution in [3.05, 3.63) is 0 Å². The molecule has 0 rings (SSSR count). The van der Waals surface area contributed by atoms with E-state index in [0.717, 1.165) is 0 Å². The van der Waals surface area contributed by atoms with E-state index in [1.165, 1.54) is 14.0 Å². The normalized spacial score (nSPS) is 15.0. The van der Waals surface area contributed by atoms with Crippen LogP contribution in [0.5, 0.6) is 0 Å². The van der Waals surface area contributed by atoms with Crippen molar-refractivity contribution in [3.8, 4) is 0 Å². The highest BCUT2D eigenvalue weighted by atomic mass is 19.4. The van der Waals surface area contributed by atoms with Gasteiger partial charge in [0.05, 0.1) is 12.7 Å². The zero-order valence-electron chi connectivity index (χ0n) is 6.52. The molecule has 0 heterocycles. The maximum Gasteiger partial charge on any atom is 0.503 e. The first kappa shape index (κ1) is 10.8. The quantitative estimate of drug-likeness (QED) is 0.582. The van der Waals surface area contributed by atoms with Gasteiger partial charge in [0, 0.05) is 13.6 Å². The van der Waals surface area contributed by atoms with Crippen LogP contribution in [0.4, 0.5) is 12.9 Å². The van der Waals surface area contributed by atoms with E-state index in [9.17, 15) is 12.9 Å². The Labute approximate surface area is 63.7 Å². The monoisotopic (exact) mass is 171 g/mol. The van der Waals surface area contributed by atoms with E-state index in [1.807, 2.05) is 0 Å². The lowest BCUT2D eigenvalue weighted by atomic mass is 9.95. The second-order valence-corrected chi connectivity index (χ2v) is 2.31. The maximum absolute atomic E-state index is 11.6. The van der Waals surface area contributed by atoms with Crippen LogP contribution in [0.1, 0.15) is 6.92 Å². The summed E-state index contributed by atoms with van der Waals surface area (Å²) in [4.78, 5) is 0. The minimum absolute atomic E-state index is 0.187. The molecule has 0 aromatic rings. The summed E-state index contributed by atoms with van der Waals surface area (Å²) in [5.41, 5.74) is 0. The SMILES string of the molecule is COCC(C)OC[B-](F)(F)F. The highest BCUT2D eigenvalue weighted by molar-refractivity contribution is 6.58. The van der Waals surface area contributed by atoms with E-state index >= 15 is 0 Å². The molecule has 0 radical (unpaired) electrons. The smallest absolute Gasteiger partial charge is 0.447 e. The summed E-state index contributed by atoms with van der Waals surface area (Å²) in [6.07, 6.45) is -0.497. The minimum Gasteiger partial charge on any atom is -0.447 e. The first-order valence-corrected chi connectivity index (χ1v) is 3.27. The van der Waals surface area contributed by atoms with Gasteiger partial charge in [0.25, 0.3) is 0 Å². The van der Waals surface area contributed by atoms with Gasteiger partial charge in [-0.05, 0) is 6.92 Å². The summed E-state index contributed by atoms with van der Waals surface area (Å²) in [5.74, 6) is 0. The van der Waals surface area contributed by atoms with Crippen molar-refractivity contribution in [2.75, 3.05) is 20.2 Å². The van der Waals surface area contributed by atoms with Gasteiger partial charge < -0.3 is 22.4 Å². The van der Waals surface area contributed by atoms with E-state index in [-0.39, 0.29) is 6.61 Å². The first-order valence-electron chi connectivity index (χ1n) is 3.27. The van der Waals surface area contributed by atoms with Crippen LogP contribution in [0.2, 0.25) is 0 Å². The zero-order valence-corrected chi connectivity index (χ0v) is 6.52. The molecule has 1 unspecified atom stereocenters. The maximum atomic E-state index is 11.6. The van der Waals surface area contributed by atoms with Gasteiger partial charge in [-0.2, -0.15) is 0 Å². The van der Waals surface area contributed by atoms with Crippen LogP contribution in [0.3, 0.4) is 0 Å². The Morgan fingerprint density at radius 1 is 1.36 bits per heavy atom. The van der Waals surface area contributed by atoms with E-state index in [0.29, 0.717) is 0 Å². The third-order valence-corrected chi connectivity index (χ3v) is 0.971. The van der Waals surface area contributed by atoms with Crippen molar-refractivity contribution >= 4 is 6.98 Å². The third-order valence-electron chi connectivity index (χ3n) is 0.971. The predicted octanol–water partition coefficient (Wildman–Crippen LogP) is 1.42. The summed E-state index contributed by atoms with van der Waals surface area (Å²) < 4.78 is 43.7. The molecule has 0 aliphatic heterocycles. The molecular formula is C5H11BF3O2-. The van der Waals surface area contributed by atoms with Crippen LogP contribution in [0.15, 0.2) is 0 Å². The highest BCUT2D eigenvalue weighted by Crippen LogP contribution is 2.09. The van der Waals surface area contributed by atoms with Gasteiger partial charge in [0.2, 0.25) is 0 Å². The summed E-state index contributed by atoms with van der Waals surface area (Å²) >= 11 is 0. The molecule has 0 aromatic heterocycles. The topological polar surface area (TPSA) is 18.5 Å². The molecule has 0 aliphatic carbocycles. The highest BCUT2D eigenvalue weighted by Gasteiger charge is 2.24. The number of ether oxygens (including phenoxy) is 2. The van der Waals surface area contributed by atoms with Gasteiger partial charge in [0.15, 0.2) is 0 Å². The van der Waals surface area contributed by atoms with Crippen LogP contribution in [-0.4, -0.2) is 33.3 Å². The molecule has 0 amide bonds. The predicted molar refractivity (Wildman–Crippen MR) is 36.4 cm³/mol. The number of hydrogen-bond acceptors (Lipinski definition) is 2. The fourth-order valence-corrected chi connectivity index (χ4v) is 0.556. The largest absolute Gasteiger partial charge is 0.503 e. The minimum atomic E-state index is -4.82. The second kappa shape index (κ2) is 4.61. The van der Waals surface area contributed by atoms with Crippen molar-refractivity contribution in [1.29, 1.82) is 0 Å².